The highest BCUT2D eigenvalue weighted by molar-refractivity contribution is 7.85. The summed E-state index contributed by atoms with van der Waals surface area (Å²) in [4.78, 5) is 25.4. The van der Waals surface area contributed by atoms with Gasteiger partial charge in [-0.2, -0.15) is 0 Å². The van der Waals surface area contributed by atoms with Crippen molar-refractivity contribution >= 4 is 34.8 Å². The molecule has 3 aromatic carbocycles. The van der Waals surface area contributed by atoms with E-state index in [1.165, 1.54) is 19.3 Å². The lowest BCUT2D eigenvalue weighted by Gasteiger charge is -2.28. The summed E-state index contributed by atoms with van der Waals surface area (Å²) in [7, 11) is -0.847. The molecule has 3 aliphatic heterocycles. The molecule has 6 rings (SSSR count). The van der Waals surface area contributed by atoms with Gasteiger partial charge in [0.25, 0.3) is 12.4 Å². The summed E-state index contributed by atoms with van der Waals surface area (Å²) in [5.41, 5.74) is 5.22. The van der Waals surface area contributed by atoms with E-state index in [0.717, 1.165) is 52.4 Å². The van der Waals surface area contributed by atoms with Crippen LogP contribution in [0.5, 0.6) is 23.0 Å². The van der Waals surface area contributed by atoms with E-state index in [0.29, 0.717) is 67.5 Å². The first-order valence-electron chi connectivity index (χ1n) is 15.9. The van der Waals surface area contributed by atoms with Gasteiger partial charge in [-0.25, -0.2) is 0 Å². The maximum atomic E-state index is 12.9. The third-order valence-corrected chi connectivity index (χ3v) is 10.1. The zero-order valence-electron chi connectivity index (χ0n) is 26.6. The van der Waals surface area contributed by atoms with Gasteiger partial charge in [-0.1, -0.05) is 42.3 Å². The number of benzene rings is 3. The van der Waals surface area contributed by atoms with Crippen LogP contribution in [-0.2, 0) is 33.5 Å². The third-order valence-electron chi connectivity index (χ3n) is 8.52. The highest BCUT2D eigenvalue weighted by atomic mass is 35.5. The molecule has 3 heterocycles. The number of hydrogen-bond acceptors (Lipinski definition) is 8. The van der Waals surface area contributed by atoms with Crippen LogP contribution in [0.25, 0.3) is 11.1 Å². The number of hydrogen-bond donors (Lipinski definition) is 1. The van der Waals surface area contributed by atoms with E-state index in [-0.39, 0.29) is 19.0 Å². The van der Waals surface area contributed by atoms with Crippen molar-refractivity contribution < 1.29 is 37.9 Å². The molecule has 3 aliphatic rings. The zero-order valence-corrected chi connectivity index (χ0v) is 28.2. The molecule has 47 heavy (non-hydrogen) atoms. The fourth-order valence-corrected chi connectivity index (χ4v) is 7.23. The number of rotatable bonds is 9. The average Bonchev–Trinajstić information content (AvgIpc) is 3.09. The number of halogens is 1. The molecule has 0 aliphatic carbocycles. The Hall–Kier alpha value is -3.80. The lowest BCUT2D eigenvalue weighted by Crippen LogP contribution is -2.43. The summed E-state index contributed by atoms with van der Waals surface area (Å²) in [6.07, 6.45) is 3.59. The van der Waals surface area contributed by atoms with Gasteiger partial charge < -0.3 is 29.0 Å². The Labute approximate surface area is 283 Å². The lowest BCUT2D eigenvalue weighted by atomic mass is 9.96. The molecule has 12 heteroatoms. The maximum Gasteiger partial charge on any atom is 0.290 e. The van der Waals surface area contributed by atoms with Crippen molar-refractivity contribution in [1.29, 1.82) is 0 Å². The largest absolute Gasteiger partial charge is 0.487 e. The van der Waals surface area contributed by atoms with Gasteiger partial charge in [0, 0.05) is 53.6 Å². The second kappa shape index (κ2) is 16.9. The topological polar surface area (TPSA) is 115 Å². The second-order valence-corrected chi connectivity index (χ2v) is 13.7. The molecule has 0 bridgehead atoms. The first-order chi connectivity index (χ1) is 22.9. The van der Waals surface area contributed by atoms with E-state index in [2.05, 4.69) is 24.0 Å². The normalized spacial score (nSPS) is 16.5. The van der Waals surface area contributed by atoms with Crippen LogP contribution < -0.4 is 18.9 Å². The highest BCUT2D eigenvalue weighted by Gasteiger charge is 2.22. The van der Waals surface area contributed by atoms with Gasteiger partial charge >= 0.3 is 0 Å². The average molecular weight is 685 g/mol. The van der Waals surface area contributed by atoms with Crippen molar-refractivity contribution in [2.24, 2.45) is 0 Å². The Morgan fingerprint density at radius 1 is 0.936 bits per heavy atom. The number of fused-ring (bicyclic) bond motifs is 1. The van der Waals surface area contributed by atoms with E-state index in [9.17, 15) is 9.00 Å². The predicted molar refractivity (Wildman–Crippen MR) is 181 cm³/mol. The Bertz CT molecular complexity index is 1570. The fraction of sp³-hybridized carbons (Fsp3) is 0.429. The van der Waals surface area contributed by atoms with E-state index in [1.54, 1.807) is 4.90 Å². The molecule has 0 radical (unpaired) electrons. The lowest BCUT2D eigenvalue weighted by molar-refractivity contribution is -0.133. The molecule has 0 unspecified atom stereocenters. The molecule has 0 spiro atoms. The molecule has 2 saturated heterocycles. The smallest absolute Gasteiger partial charge is 0.290 e. The summed E-state index contributed by atoms with van der Waals surface area (Å²) < 4.78 is 35.7. The van der Waals surface area contributed by atoms with Gasteiger partial charge in [0.2, 0.25) is 0 Å². The van der Waals surface area contributed by atoms with Gasteiger partial charge in [0.05, 0.1) is 5.02 Å². The molecular weight excluding hydrogens is 644 g/mol. The van der Waals surface area contributed by atoms with Crippen LogP contribution in [0.3, 0.4) is 0 Å². The van der Waals surface area contributed by atoms with E-state index >= 15 is 0 Å². The van der Waals surface area contributed by atoms with Crippen molar-refractivity contribution in [1.82, 2.24) is 9.80 Å². The SMILES string of the molecule is Cc1c(COc2cc(OCC(=O)N3CCS(=O)CC3)c(CN3CCCCC3)cc2Cl)cccc1-c1ccc2c(c1)OCCO2.O=CO. The molecule has 3 aromatic rings. The second-order valence-electron chi connectivity index (χ2n) is 11.6. The first kappa shape index (κ1) is 34.5. The van der Waals surface area contributed by atoms with Gasteiger partial charge in [-0.15, -0.1) is 0 Å². The van der Waals surface area contributed by atoms with Gasteiger partial charge in [0.1, 0.15) is 31.3 Å². The van der Waals surface area contributed by atoms with Crippen molar-refractivity contribution in [3.63, 3.8) is 0 Å². The minimum Gasteiger partial charge on any atom is -0.487 e. The molecular formula is C35H41ClN2O8S. The standard InChI is InChI=1S/C34H39ClN2O6S.CH2O2/c1-24-26(6-5-7-28(24)25-8-9-30-33(19-25)41-15-14-40-30)22-42-32-20-31(43-23-34(38)37-12-16-44(39)17-13-37)27(18-29(32)35)21-36-10-3-2-4-11-36;2-1-3/h5-9,18-20H,2-4,10-17,21-23H2,1H3;1H,(H,2,3). The molecule has 0 saturated carbocycles. The summed E-state index contributed by atoms with van der Waals surface area (Å²) >= 11 is 6.79. The minimum absolute atomic E-state index is 0.0859. The van der Waals surface area contributed by atoms with E-state index in [1.807, 2.05) is 36.4 Å². The Balaban J connectivity index is 0.00000139. The van der Waals surface area contributed by atoms with Crippen LogP contribution in [0.2, 0.25) is 5.02 Å². The molecule has 0 atom stereocenters. The summed E-state index contributed by atoms with van der Waals surface area (Å²) in [6, 6.07) is 15.9. The van der Waals surface area contributed by atoms with Gasteiger partial charge in [0.15, 0.2) is 18.1 Å². The van der Waals surface area contributed by atoms with Crippen molar-refractivity contribution in [3.05, 3.63) is 70.2 Å². The van der Waals surface area contributed by atoms with Crippen LogP contribution in [0.4, 0.5) is 0 Å². The monoisotopic (exact) mass is 684 g/mol. The van der Waals surface area contributed by atoms with Crippen molar-refractivity contribution in [2.75, 3.05) is 57.5 Å². The van der Waals surface area contributed by atoms with E-state index in [4.69, 9.17) is 40.4 Å². The first-order valence-corrected chi connectivity index (χ1v) is 17.7. The van der Waals surface area contributed by atoms with Crippen LogP contribution in [0.1, 0.15) is 36.0 Å². The molecule has 2 fully saturated rings. The van der Waals surface area contributed by atoms with Crippen LogP contribution in [0, 0.1) is 6.92 Å². The highest BCUT2D eigenvalue weighted by Crippen LogP contribution is 2.38. The van der Waals surface area contributed by atoms with Gasteiger partial charge in [-0.3, -0.25) is 18.7 Å². The Kier molecular flexibility index (Phi) is 12.4. The third kappa shape index (κ3) is 9.18. The van der Waals surface area contributed by atoms with E-state index < -0.39 is 10.8 Å². The summed E-state index contributed by atoms with van der Waals surface area (Å²) in [6.45, 7) is 6.91. The molecule has 10 nitrogen and oxygen atoms in total. The summed E-state index contributed by atoms with van der Waals surface area (Å²) in [5, 5.41) is 7.40. The maximum absolute atomic E-state index is 12.9. The Morgan fingerprint density at radius 2 is 1.66 bits per heavy atom. The van der Waals surface area contributed by atoms with Crippen LogP contribution in [-0.4, -0.2) is 89.0 Å². The predicted octanol–water partition coefficient (Wildman–Crippen LogP) is 5.32. The minimum atomic E-state index is -0.847. The quantitative estimate of drug-likeness (QED) is 0.299. The number of nitrogens with zero attached hydrogens (tertiary/aromatic N) is 2. The van der Waals surface area contributed by atoms with Crippen LogP contribution in [0.15, 0.2) is 48.5 Å². The molecule has 1 amide bonds. The number of carbonyl (C=O) groups excluding carboxylic acids is 1. The summed E-state index contributed by atoms with van der Waals surface area (Å²) in [5.74, 6) is 3.56. The van der Waals surface area contributed by atoms with Crippen LogP contribution >= 0.6 is 11.6 Å². The molecule has 1 N–H and O–H groups in total. The Morgan fingerprint density at radius 3 is 2.40 bits per heavy atom. The number of likely N-dealkylation sites (tertiary alicyclic amines) is 1. The number of piperidine rings is 1. The number of carboxylic acid groups (broad SMARTS) is 1. The number of ether oxygens (including phenoxy) is 4. The molecule has 252 valence electrons. The molecule has 0 aromatic heterocycles. The van der Waals surface area contributed by atoms with Gasteiger partial charge in [-0.05, 0) is 73.3 Å². The fourth-order valence-electron chi connectivity index (χ4n) is 5.94. The van der Waals surface area contributed by atoms with Crippen molar-refractivity contribution in [3.8, 4) is 34.1 Å². The number of amides is 1. The zero-order chi connectivity index (χ0) is 33.2. The van der Waals surface area contributed by atoms with Crippen molar-refractivity contribution in [2.45, 2.75) is 39.3 Å². The number of carbonyl (C=O) groups is 2.